The standard InChI is InChI=1S/C17H28N2S/c1-12(2)18-8-17-7-16(13(3)20-17)11-19-9-14-5-4-6-15(14)10-19/h7,12,14-15,18H,4-6,8-11H2,1-3H3. The van der Waals surface area contributed by atoms with Gasteiger partial charge in [-0.1, -0.05) is 20.3 Å². The Balaban J connectivity index is 1.57. The lowest BCUT2D eigenvalue weighted by Gasteiger charge is -2.16. The zero-order chi connectivity index (χ0) is 14.1. The lowest BCUT2D eigenvalue weighted by Crippen LogP contribution is -2.21. The van der Waals surface area contributed by atoms with Gasteiger partial charge in [0, 0.05) is 42.0 Å². The predicted octanol–water partition coefficient (Wildman–Crippen LogP) is 3.79. The van der Waals surface area contributed by atoms with Gasteiger partial charge >= 0.3 is 0 Å². The van der Waals surface area contributed by atoms with E-state index in [2.05, 4.69) is 37.1 Å². The number of hydrogen-bond acceptors (Lipinski definition) is 3. The fraction of sp³-hybridized carbons (Fsp3) is 0.765. The SMILES string of the molecule is Cc1sc(CNC(C)C)cc1CN1CC2CCCC2C1. The van der Waals surface area contributed by atoms with Crippen molar-refractivity contribution in [2.75, 3.05) is 13.1 Å². The van der Waals surface area contributed by atoms with Crippen LogP contribution in [-0.4, -0.2) is 24.0 Å². The molecule has 20 heavy (non-hydrogen) atoms. The van der Waals surface area contributed by atoms with Crippen molar-refractivity contribution in [3.05, 3.63) is 21.4 Å². The third kappa shape index (κ3) is 3.26. The van der Waals surface area contributed by atoms with E-state index in [0.717, 1.165) is 18.4 Å². The first-order valence-electron chi connectivity index (χ1n) is 8.15. The molecule has 2 heterocycles. The van der Waals surface area contributed by atoms with Crippen molar-refractivity contribution >= 4 is 11.3 Å². The van der Waals surface area contributed by atoms with E-state index in [1.54, 1.807) is 5.56 Å². The third-order valence-electron chi connectivity index (χ3n) is 4.95. The molecule has 0 aromatic carbocycles. The molecule has 2 aliphatic rings. The van der Waals surface area contributed by atoms with Crippen LogP contribution in [0.3, 0.4) is 0 Å². The van der Waals surface area contributed by atoms with Crippen molar-refractivity contribution in [1.82, 2.24) is 10.2 Å². The van der Waals surface area contributed by atoms with Crippen LogP contribution in [0.15, 0.2) is 6.07 Å². The summed E-state index contributed by atoms with van der Waals surface area (Å²) < 4.78 is 0. The molecule has 1 aliphatic heterocycles. The molecule has 1 aromatic heterocycles. The van der Waals surface area contributed by atoms with Crippen LogP contribution in [0, 0.1) is 18.8 Å². The molecular weight excluding hydrogens is 264 g/mol. The molecule has 3 rings (SSSR count). The molecule has 2 fully saturated rings. The highest BCUT2D eigenvalue weighted by Crippen LogP contribution is 2.38. The summed E-state index contributed by atoms with van der Waals surface area (Å²) in [7, 11) is 0. The minimum Gasteiger partial charge on any atom is -0.310 e. The average Bonchev–Trinajstić information content (AvgIpc) is 3.03. The van der Waals surface area contributed by atoms with Crippen molar-refractivity contribution in [3.8, 4) is 0 Å². The highest BCUT2D eigenvalue weighted by molar-refractivity contribution is 7.12. The Morgan fingerprint density at radius 3 is 2.65 bits per heavy atom. The van der Waals surface area contributed by atoms with Crippen molar-refractivity contribution in [2.45, 2.75) is 59.2 Å². The summed E-state index contributed by atoms with van der Waals surface area (Å²) >= 11 is 1.97. The molecule has 3 heteroatoms. The zero-order valence-electron chi connectivity index (χ0n) is 13.1. The van der Waals surface area contributed by atoms with E-state index < -0.39 is 0 Å². The van der Waals surface area contributed by atoms with Crippen LogP contribution in [0.1, 0.15) is 48.4 Å². The Morgan fingerprint density at radius 2 is 2.00 bits per heavy atom. The van der Waals surface area contributed by atoms with Gasteiger partial charge in [-0.15, -0.1) is 11.3 Å². The van der Waals surface area contributed by atoms with Gasteiger partial charge in [-0.05, 0) is 43.2 Å². The van der Waals surface area contributed by atoms with Gasteiger partial charge in [0.05, 0.1) is 0 Å². The molecule has 1 N–H and O–H groups in total. The number of likely N-dealkylation sites (tertiary alicyclic amines) is 1. The van der Waals surface area contributed by atoms with Crippen molar-refractivity contribution in [3.63, 3.8) is 0 Å². The second-order valence-electron chi connectivity index (χ2n) is 6.97. The fourth-order valence-corrected chi connectivity index (χ4v) is 4.84. The van der Waals surface area contributed by atoms with E-state index in [4.69, 9.17) is 0 Å². The molecule has 0 bridgehead atoms. The Bertz CT molecular complexity index is 440. The van der Waals surface area contributed by atoms with Gasteiger partial charge in [-0.2, -0.15) is 0 Å². The molecule has 2 nitrogen and oxygen atoms in total. The molecule has 2 unspecified atom stereocenters. The van der Waals surface area contributed by atoms with Crippen molar-refractivity contribution in [2.24, 2.45) is 11.8 Å². The van der Waals surface area contributed by atoms with Crippen LogP contribution < -0.4 is 5.32 Å². The second-order valence-corrected chi connectivity index (χ2v) is 8.32. The van der Waals surface area contributed by atoms with Gasteiger partial charge in [0.1, 0.15) is 0 Å². The van der Waals surface area contributed by atoms with Gasteiger partial charge in [0.15, 0.2) is 0 Å². The van der Waals surface area contributed by atoms with Gasteiger partial charge in [0.2, 0.25) is 0 Å². The number of rotatable bonds is 5. The molecule has 0 amide bonds. The van der Waals surface area contributed by atoms with E-state index in [-0.39, 0.29) is 0 Å². The molecule has 0 spiro atoms. The first-order valence-corrected chi connectivity index (χ1v) is 8.97. The largest absolute Gasteiger partial charge is 0.310 e. The summed E-state index contributed by atoms with van der Waals surface area (Å²) in [6, 6.07) is 3.00. The van der Waals surface area contributed by atoms with Crippen LogP contribution in [0.4, 0.5) is 0 Å². The Morgan fingerprint density at radius 1 is 1.30 bits per heavy atom. The molecule has 112 valence electrons. The molecule has 1 saturated carbocycles. The molecule has 1 aromatic rings. The number of nitrogens with zero attached hydrogens (tertiary/aromatic N) is 1. The second kappa shape index (κ2) is 6.17. The summed E-state index contributed by atoms with van der Waals surface area (Å²) in [5.74, 6) is 2.02. The lowest BCUT2D eigenvalue weighted by atomic mass is 10.0. The van der Waals surface area contributed by atoms with E-state index in [1.165, 1.54) is 48.7 Å². The fourth-order valence-electron chi connectivity index (χ4n) is 3.84. The molecular formula is C17H28N2S. The topological polar surface area (TPSA) is 15.3 Å². The number of aryl methyl sites for hydroxylation is 1. The highest BCUT2D eigenvalue weighted by Gasteiger charge is 2.35. The smallest absolute Gasteiger partial charge is 0.0302 e. The minimum absolute atomic E-state index is 0.568. The van der Waals surface area contributed by atoms with E-state index in [1.807, 2.05) is 11.3 Å². The average molecular weight is 292 g/mol. The molecule has 2 atom stereocenters. The van der Waals surface area contributed by atoms with Gasteiger partial charge < -0.3 is 5.32 Å². The van der Waals surface area contributed by atoms with Crippen LogP contribution in [-0.2, 0) is 13.1 Å². The number of fused-ring (bicyclic) bond motifs is 1. The van der Waals surface area contributed by atoms with E-state index >= 15 is 0 Å². The maximum absolute atomic E-state index is 3.53. The summed E-state index contributed by atoms with van der Waals surface area (Å²) in [6.07, 6.45) is 4.44. The molecule has 1 saturated heterocycles. The third-order valence-corrected chi connectivity index (χ3v) is 6.04. The Hall–Kier alpha value is -0.380. The molecule has 0 radical (unpaired) electrons. The quantitative estimate of drug-likeness (QED) is 0.888. The van der Waals surface area contributed by atoms with E-state index in [0.29, 0.717) is 6.04 Å². The zero-order valence-corrected chi connectivity index (χ0v) is 13.9. The van der Waals surface area contributed by atoms with Crippen LogP contribution in [0.2, 0.25) is 0 Å². The monoisotopic (exact) mass is 292 g/mol. The number of hydrogen-bond donors (Lipinski definition) is 1. The van der Waals surface area contributed by atoms with Gasteiger partial charge in [-0.25, -0.2) is 0 Å². The number of nitrogens with one attached hydrogen (secondary N) is 1. The van der Waals surface area contributed by atoms with Crippen LogP contribution in [0.25, 0.3) is 0 Å². The first-order chi connectivity index (χ1) is 9.61. The van der Waals surface area contributed by atoms with Crippen LogP contribution >= 0.6 is 11.3 Å². The molecule has 1 aliphatic carbocycles. The van der Waals surface area contributed by atoms with Gasteiger partial charge in [0.25, 0.3) is 0 Å². The highest BCUT2D eigenvalue weighted by atomic mass is 32.1. The predicted molar refractivity (Wildman–Crippen MR) is 87.1 cm³/mol. The normalized spacial score (nSPS) is 26.6. The summed E-state index contributed by atoms with van der Waals surface area (Å²) in [5.41, 5.74) is 1.57. The van der Waals surface area contributed by atoms with E-state index in [9.17, 15) is 0 Å². The summed E-state index contributed by atoms with van der Waals surface area (Å²) in [6.45, 7) is 11.6. The van der Waals surface area contributed by atoms with Crippen molar-refractivity contribution < 1.29 is 0 Å². The summed E-state index contributed by atoms with van der Waals surface area (Å²) in [5, 5.41) is 3.53. The number of thiophene rings is 1. The Labute approximate surface area is 127 Å². The van der Waals surface area contributed by atoms with Gasteiger partial charge in [-0.3, -0.25) is 4.90 Å². The first kappa shape index (κ1) is 14.6. The maximum Gasteiger partial charge on any atom is 0.0302 e. The van der Waals surface area contributed by atoms with Crippen molar-refractivity contribution in [1.29, 1.82) is 0 Å². The Kier molecular flexibility index (Phi) is 4.49. The lowest BCUT2D eigenvalue weighted by molar-refractivity contribution is 0.303. The van der Waals surface area contributed by atoms with Crippen LogP contribution in [0.5, 0.6) is 0 Å². The minimum atomic E-state index is 0.568. The summed E-state index contributed by atoms with van der Waals surface area (Å²) in [4.78, 5) is 5.71. The maximum atomic E-state index is 3.53.